The van der Waals surface area contributed by atoms with E-state index >= 15 is 0 Å². The zero-order valence-electron chi connectivity index (χ0n) is 16.9. The normalized spacial score (nSPS) is 25.6. The molecule has 0 unspecified atom stereocenters. The smallest absolute Gasteiger partial charge is 0.315 e. The number of benzene rings is 2. The minimum Gasteiger partial charge on any atom is -0.502 e. The van der Waals surface area contributed by atoms with E-state index in [4.69, 9.17) is 28.4 Å². The van der Waals surface area contributed by atoms with Crippen LogP contribution in [0, 0.1) is 5.41 Å². The van der Waals surface area contributed by atoms with Gasteiger partial charge in [0.15, 0.2) is 23.0 Å². The summed E-state index contributed by atoms with van der Waals surface area (Å²) in [4.78, 5) is 13.2. The Morgan fingerprint density at radius 3 is 2.27 bits per heavy atom. The number of phenols is 1. The van der Waals surface area contributed by atoms with Crippen LogP contribution in [-0.4, -0.2) is 45.8 Å². The largest absolute Gasteiger partial charge is 0.502 e. The Morgan fingerprint density at radius 1 is 1.03 bits per heavy atom. The van der Waals surface area contributed by atoms with E-state index in [1.807, 2.05) is 12.1 Å². The molecule has 3 atom stereocenters. The molecule has 1 N–H and O–H groups in total. The number of phenolic OH excluding ortho intramolecular Hbond substituents is 1. The van der Waals surface area contributed by atoms with Gasteiger partial charge >= 0.3 is 5.97 Å². The maximum absolute atomic E-state index is 13.2. The van der Waals surface area contributed by atoms with E-state index in [1.165, 1.54) is 21.3 Å². The molecule has 0 aromatic heterocycles. The van der Waals surface area contributed by atoms with Crippen LogP contribution in [0.2, 0.25) is 0 Å². The number of aromatic hydroxyl groups is 1. The third kappa shape index (κ3) is 2.34. The van der Waals surface area contributed by atoms with Gasteiger partial charge in [-0.3, -0.25) is 4.79 Å². The van der Waals surface area contributed by atoms with Crippen LogP contribution < -0.4 is 18.9 Å². The fourth-order valence-electron chi connectivity index (χ4n) is 5.09. The first-order valence-corrected chi connectivity index (χ1v) is 9.63. The molecule has 8 heteroatoms. The van der Waals surface area contributed by atoms with Gasteiger partial charge in [0.05, 0.1) is 21.3 Å². The summed E-state index contributed by atoms with van der Waals surface area (Å²) in [6, 6.07) is 7.24. The van der Waals surface area contributed by atoms with E-state index in [0.29, 0.717) is 24.5 Å². The summed E-state index contributed by atoms with van der Waals surface area (Å²) in [7, 11) is 4.32. The van der Waals surface area contributed by atoms with Gasteiger partial charge < -0.3 is 33.5 Å². The number of fused-ring (bicyclic) bond motifs is 4. The number of ether oxygens (including phenoxy) is 6. The lowest BCUT2D eigenvalue weighted by atomic mass is 9.70. The van der Waals surface area contributed by atoms with Gasteiger partial charge in [0.25, 0.3) is 0 Å². The predicted molar refractivity (Wildman–Crippen MR) is 103 cm³/mol. The number of hydrogen-bond donors (Lipinski definition) is 1. The monoisotopic (exact) mass is 414 g/mol. The van der Waals surface area contributed by atoms with Gasteiger partial charge in [-0.15, -0.1) is 0 Å². The van der Waals surface area contributed by atoms with Gasteiger partial charge in [0.1, 0.15) is 11.5 Å². The number of esters is 1. The first-order chi connectivity index (χ1) is 14.5. The van der Waals surface area contributed by atoms with Crippen LogP contribution in [-0.2, 0) is 14.3 Å². The molecule has 2 heterocycles. The molecule has 1 fully saturated rings. The highest BCUT2D eigenvalue weighted by atomic mass is 16.7. The highest BCUT2D eigenvalue weighted by Crippen LogP contribution is 2.65. The first kappa shape index (κ1) is 18.9. The lowest BCUT2D eigenvalue weighted by molar-refractivity contribution is -0.156. The van der Waals surface area contributed by atoms with Gasteiger partial charge in [0, 0.05) is 12.5 Å². The molecule has 0 amide bonds. The van der Waals surface area contributed by atoms with E-state index in [1.54, 1.807) is 12.1 Å². The average molecular weight is 414 g/mol. The third-order valence-electron chi connectivity index (χ3n) is 6.36. The van der Waals surface area contributed by atoms with Crippen molar-refractivity contribution in [2.45, 2.75) is 18.4 Å². The second-order valence-corrected chi connectivity index (χ2v) is 7.57. The Labute approximate surface area is 173 Å². The molecular formula is C22H22O8. The molecule has 3 aliphatic rings. The van der Waals surface area contributed by atoms with Gasteiger partial charge in [-0.1, -0.05) is 0 Å². The minimum absolute atomic E-state index is 0.0982. The fraction of sp³-hybridized carbons (Fsp3) is 0.409. The lowest BCUT2D eigenvalue weighted by Gasteiger charge is -2.32. The Kier molecular flexibility index (Phi) is 4.21. The van der Waals surface area contributed by atoms with Crippen LogP contribution in [0.4, 0.5) is 0 Å². The second kappa shape index (κ2) is 6.70. The summed E-state index contributed by atoms with van der Waals surface area (Å²) < 4.78 is 33.2. The van der Waals surface area contributed by atoms with Crippen molar-refractivity contribution in [2.24, 2.45) is 5.41 Å². The number of carbonyl (C=O) groups excluding carboxylic acids is 1. The molecule has 2 aromatic rings. The van der Waals surface area contributed by atoms with E-state index < -0.39 is 17.4 Å². The SMILES string of the molecule is COC(=O)[C@@]12CCO[C@@H]1c1cc3c(cc1[C@H]2c1cc(OC)c(O)c(OC)c1)OCO3. The average Bonchev–Trinajstić information content (AvgIpc) is 3.45. The topological polar surface area (TPSA) is 92.7 Å². The quantitative estimate of drug-likeness (QED) is 0.764. The van der Waals surface area contributed by atoms with Crippen LogP contribution in [0.5, 0.6) is 28.7 Å². The van der Waals surface area contributed by atoms with Crippen LogP contribution in [0.15, 0.2) is 24.3 Å². The van der Waals surface area contributed by atoms with Crippen molar-refractivity contribution in [1.29, 1.82) is 0 Å². The summed E-state index contributed by atoms with van der Waals surface area (Å²) in [5.41, 5.74) is 1.56. The zero-order valence-corrected chi connectivity index (χ0v) is 16.9. The van der Waals surface area contributed by atoms with Crippen LogP contribution in [0.25, 0.3) is 0 Å². The number of carbonyl (C=O) groups is 1. The van der Waals surface area contributed by atoms with Crippen molar-refractivity contribution in [3.05, 3.63) is 41.0 Å². The van der Waals surface area contributed by atoms with Crippen LogP contribution >= 0.6 is 0 Å². The molecule has 5 rings (SSSR count). The van der Waals surface area contributed by atoms with Crippen molar-refractivity contribution in [1.82, 2.24) is 0 Å². The summed E-state index contributed by atoms with van der Waals surface area (Å²) in [5, 5.41) is 10.4. The standard InChI is InChI=1S/C22H22O8/c1-25-16-6-11(7-17(26-2)19(16)23)18-12-8-14-15(30-10-29-14)9-13(12)20-22(18,4-5-28-20)21(24)27-3/h6-9,18,20,23H,4-5,10H2,1-3H3/t18-,20-,22-/m1/s1. The Bertz CT molecular complexity index is 1010. The van der Waals surface area contributed by atoms with Crippen LogP contribution in [0.3, 0.4) is 0 Å². The molecule has 2 aliphatic heterocycles. The van der Waals surface area contributed by atoms with Crippen molar-refractivity contribution in [2.75, 3.05) is 34.7 Å². The molecule has 0 radical (unpaired) electrons. The minimum atomic E-state index is -0.959. The molecule has 1 aliphatic carbocycles. The van der Waals surface area contributed by atoms with Crippen molar-refractivity contribution in [3.63, 3.8) is 0 Å². The van der Waals surface area contributed by atoms with Gasteiger partial charge in [0.2, 0.25) is 12.5 Å². The van der Waals surface area contributed by atoms with Crippen molar-refractivity contribution >= 4 is 5.97 Å². The summed E-state index contributed by atoms with van der Waals surface area (Å²) in [6.07, 6.45) is 0.00642. The first-order valence-electron chi connectivity index (χ1n) is 9.63. The third-order valence-corrected chi connectivity index (χ3v) is 6.36. The van der Waals surface area contributed by atoms with Crippen LogP contribution in [0.1, 0.15) is 35.1 Å². The zero-order chi connectivity index (χ0) is 21.0. The molecule has 0 saturated carbocycles. The van der Waals surface area contributed by atoms with Gasteiger partial charge in [-0.2, -0.15) is 0 Å². The Morgan fingerprint density at radius 2 is 1.67 bits per heavy atom. The van der Waals surface area contributed by atoms with Crippen molar-refractivity contribution in [3.8, 4) is 28.7 Å². The Balaban J connectivity index is 1.78. The molecule has 158 valence electrons. The number of rotatable bonds is 4. The number of methoxy groups -OCH3 is 3. The van der Waals surface area contributed by atoms with Crippen molar-refractivity contribution < 1.29 is 38.3 Å². The summed E-state index contributed by atoms with van der Waals surface area (Å²) >= 11 is 0. The molecule has 1 saturated heterocycles. The highest BCUT2D eigenvalue weighted by molar-refractivity contribution is 5.83. The molecule has 2 aromatic carbocycles. The molecule has 8 nitrogen and oxygen atoms in total. The summed E-state index contributed by atoms with van der Waals surface area (Å²) in [5.74, 6) is 0.910. The fourth-order valence-corrected chi connectivity index (χ4v) is 5.09. The van der Waals surface area contributed by atoms with E-state index in [-0.39, 0.29) is 30.0 Å². The van der Waals surface area contributed by atoms with Gasteiger partial charge in [-0.25, -0.2) is 0 Å². The molecule has 30 heavy (non-hydrogen) atoms. The highest BCUT2D eigenvalue weighted by Gasteiger charge is 2.63. The summed E-state index contributed by atoms with van der Waals surface area (Å²) in [6.45, 7) is 0.577. The Hall–Kier alpha value is -3.13. The molecule has 0 bridgehead atoms. The second-order valence-electron chi connectivity index (χ2n) is 7.57. The maximum atomic E-state index is 13.2. The number of hydrogen-bond acceptors (Lipinski definition) is 8. The molecule has 0 spiro atoms. The molecular weight excluding hydrogens is 392 g/mol. The van der Waals surface area contributed by atoms with E-state index in [2.05, 4.69) is 0 Å². The predicted octanol–water partition coefficient (Wildman–Crippen LogP) is 2.90. The lowest BCUT2D eigenvalue weighted by Crippen LogP contribution is -2.37. The van der Waals surface area contributed by atoms with Gasteiger partial charge in [-0.05, 0) is 47.4 Å². The maximum Gasteiger partial charge on any atom is 0.315 e. The van der Waals surface area contributed by atoms with E-state index in [0.717, 1.165) is 16.7 Å². The van der Waals surface area contributed by atoms with E-state index in [9.17, 15) is 9.90 Å².